The second-order valence-corrected chi connectivity index (χ2v) is 8.92. The van der Waals surface area contributed by atoms with Gasteiger partial charge in [0, 0.05) is 30.7 Å². The van der Waals surface area contributed by atoms with Crippen LogP contribution in [0.15, 0.2) is 35.5 Å². The van der Waals surface area contributed by atoms with Crippen molar-refractivity contribution in [1.29, 1.82) is 0 Å². The van der Waals surface area contributed by atoms with Crippen molar-refractivity contribution in [3.8, 4) is 11.4 Å². The minimum absolute atomic E-state index is 0.295. The summed E-state index contributed by atoms with van der Waals surface area (Å²) in [5.74, 6) is 2.62. The number of hydrogen-bond acceptors (Lipinski definition) is 7. The van der Waals surface area contributed by atoms with E-state index in [1.807, 2.05) is 30.3 Å². The van der Waals surface area contributed by atoms with Crippen LogP contribution in [-0.4, -0.2) is 46.6 Å². The monoisotopic (exact) mass is 442 g/mol. The highest BCUT2D eigenvalue weighted by molar-refractivity contribution is 7.99. The molecule has 0 spiro atoms. The van der Waals surface area contributed by atoms with Crippen molar-refractivity contribution in [2.45, 2.75) is 64.2 Å². The van der Waals surface area contributed by atoms with Crippen LogP contribution in [0.5, 0.6) is 0 Å². The second kappa shape index (κ2) is 11.6. The van der Waals surface area contributed by atoms with Gasteiger partial charge in [-0.25, -0.2) is 0 Å². The number of benzene rings is 1. The van der Waals surface area contributed by atoms with E-state index in [1.165, 1.54) is 0 Å². The van der Waals surface area contributed by atoms with Crippen LogP contribution in [0.2, 0.25) is 0 Å². The molecular formula is C21H30N8OS. The van der Waals surface area contributed by atoms with Gasteiger partial charge in [-0.1, -0.05) is 62.4 Å². The standard InChI is InChI=1S/C21H30N8OS/c1-16(2)15-28-19(12-11-18(22)30)23-25-21(28)31-14-8-4-7-13-29-26-20(24-27-29)17-9-5-3-6-10-17/h3,5-6,9-10,16H,4,7-8,11-15H2,1-2H3,(H2,22,30). The van der Waals surface area contributed by atoms with Gasteiger partial charge in [-0.15, -0.1) is 20.4 Å². The topological polar surface area (TPSA) is 117 Å². The van der Waals surface area contributed by atoms with Gasteiger partial charge in [0.1, 0.15) is 5.82 Å². The average molecular weight is 443 g/mol. The fourth-order valence-electron chi connectivity index (χ4n) is 3.13. The number of aryl methyl sites for hydroxylation is 2. The molecular weight excluding hydrogens is 412 g/mol. The summed E-state index contributed by atoms with van der Waals surface area (Å²) < 4.78 is 2.13. The van der Waals surface area contributed by atoms with Crippen molar-refractivity contribution >= 4 is 17.7 Å². The lowest BCUT2D eigenvalue weighted by Crippen LogP contribution is -2.15. The largest absolute Gasteiger partial charge is 0.370 e. The van der Waals surface area contributed by atoms with Crippen LogP contribution in [0, 0.1) is 5.92 Å². The van der Waals surface area contributed by atoms with Crippen LogP contribution in [0.4, 0.5) is 0 Å². The number of carbonyl (C=O) groups is 1. The number of nitrogens with zero attached hydrogens (tertiary/aromatic N) is 7. The van der Waals surface area contributed by atoms with Crippen molar-refractivity contribution < 1.29 is 4.79 Å². The van der Waals surface area contributed by atoms with Crippen molar-refractivity contribution in [3.05, 3.63) is 36.2 Å². The molecule has 0 saturated carbocycles. The van der Waals surface area contributed by atoms with E-state index in [9.17, 15) is 4.79 Å². The molecule has 0 saturated heterocycles. The Balaban J connectivity index is 1.41. The number of unbranched alkanes of at least 4 members (excludes halogenated alkanes) is 2. The highest BCUT2D eigenvalue weighted by Crippen LogP contribution is 2.21. The number of nitrogens with two attached hydrogens (primary N) is 1. The van der Waals surface area contributed by atoms with Gasteiger partial charge < -0.3 is 10.3 Å². The summed E-state index contributed by atoms with van der Waals surface area (Å²) in [4.78, 5) is 12.8. The molecule has 0 aliphatic rings. The van der Waals surface area contributed by atoms with Gasteiger partial charge in [0.2, 0.25) is 11.7 Å². The molecule has 0 fully saturated rings. The molecule has 2 aromatic heterocycles. The van der Waals surface area contributed by atoms with Crippen LogP contribution in [0.1, 0.15) is 45.4 Å². The van der Waals surface area contributed by atoms with E-state index >= 15 is 0 Å². The van der Waals surface area contributed by atoms with E-state index < -0.39 is 0 Å². The first-order chi connectivity index (χ1) is 15.0. The molecule has 0 radical (unpaired) electrons. The Morgan fingerprint density at radius 2 is 1.90 bits per heavy atom. The van der Waals surface area contributed by atoms with Crippen LogP contribution in [0.25, 0.3) is 11.4 Å². The zero-order chi connectivity index (χ0) is 22.1. The molecule has 0 aliphatic heterocycles. The first-order valence-electron chi connectivity index (χ1n) is 10.7. The lowest BCUT2D eigenvalue weighted by molar-refractivity contribution is -0.118. The third kappa shape index (κ3) is 7.16. The first kappa shape index (κ1) is 22.9. The SMILES string of the molecule is CC(C)Cn1c(CCC(N)=O)nnc1SCCCCCn1nnc(-c2ccccc2)n1. The van der Waals surface area contributed by atoms with Crippen LogP contribution >= 0.6 is 11.8 Å². The molecule has 10 heteroatoms. The highest BCUT2D eigenvalue weighted by atomic mass is 32.2. The molecule has 2 N–H and O–H groups in total. The van der Waals surface area contributed by atoms with Crippen molar-refractivity contribution in [2.24, 2.45) is 11.7 Å². The summed E-state index contributed by atoms with van der Waals surface area (Å²) in [5, 5.41) is 22.3. The number of aromatic nitrogens is 7. The van der Waals surface area contributed by atoms with E-state index in [-0.39, 0.29) is 5.91 Å². The maximum absolute atomic E-state index is 11.1. The number of amides is 1. The van der Waals surface area contributed by atoms with Gasteiger partial charge >= 0.3 is 0 Å². The number of hydrogen-bond donors (Lipinski definition) is 1. The molecule has 3 aromatic rings. The fraction of sp³-hybridized carbons (Fsp3) is 0.524. The molecule has 0 atom stereocenters. The van der Waals surface area contributed by atoms with Gasteiger partial charge in [0.05, 0.1) is 6.54 Å². The Kier molecular flexibility index (Phi) is 8.57. The summed E-state index contributed by atoms with van der Waals surface area (Å²) in [6, 6.07) is 9.87. The third-order valence-electron chi connectivity index (χ3n) is 4.65. The van der Waals surface area contributed by atoms with Gasteiger partial charge in [-0.05, 0) is 24.0 Å². The Bertz CT molecular complexity index is 953. The van der Waals surface area contributed by atoms with Gasteiger partial charge in [-0.2, -0.15) is 4.80 Å². The fourth-order valence-corrected chi connectivity index (χ4v) is 4.10. The molecule has 0 bridgehead atoms. The molecule has 1 amide bonds. The summed E-state index contributed by atoms with van der Waals surface area (Å²) in [7, 11) is 0. The van der Waals surface area contributed by atoms with Gasteiger partial charge in [-0.3, -0.25) is 4.79 Å². The first-order valence-corrected chi connectivity index (χ1v) is 11.7. The lowest BCUT2D eigenvalue weighted by Gasteiger charge is -2.12. The molecule has 2 heterocycles. The van der Waals surface area contributed by atoms with Crippen LogP contribution in [0.3, 0.4) is 0 Å². The van der Waals surface area contributed by atoms with Crippen LogP contribution in [-0.2, 0) is 24.3 Å². The number of carbonyl (C=O) groups excluding carboxylic acids is 1. The molecule has 0 unspecified atom stereocenters. The number of tetrazole rings is 1. The Hall–Kier alpha value is -2.75. The van der Waals surface area contributed by atoms with E-state index in [1.54, 1.807) is 16.6 Å². The molecule has 166 valence electrons. The van der Waals surface area contributed by atoms with Crippen molar-refractivity contribution in [3.63, 3.8) is 0 Å². The molecule has 0 aliphatic carbocycles. The molecule has 31 heavy (non-hydrogen) atoms. The summed E-state index contributed by atoms with van der Waals surface area (Å²) in [6.45, 7) is 5.91. The number of rotatable bonds is 13. The Morgan fingerprint density at radius 3 is 2.65 bits per heavy atom. The summed E-state index contributed by atoms with van der Waals surface area (Å²) >= 11 is 1.71. The minimum Gasteiger partial charge on any atom is -0.370 e. The zero-order valence-electron chi connectivity index (χ0n) is 18.1. The zero-order valence-corrected chi connectivity index (χ0v) is 19.0. The number of thioether (sulfide) groups is 1. The summed E-state index contributed by atoms with van der Waals surface area (Å²) in [5.41, 5.74) is 6.26. The quantitative estimate of drug-likeness (QED) is 0.319. The Morgan fingerprint density at radius 1 is 1.10 bits per heavy atom. The van der Waals surface area contributed by atoms with Crippen molar-refractivity contribution in [2.75, 3.05) is 5.75 Å². The highest BCUT2D eigenvalue weighted by Gasteiger charge is 2.14. The maximum Gasteiger partial charge on any atom is 0.217 e. The van der Waals surface area contributed by atoms with E-state index in [4.69, 9.17) is 5.73 Å². The predicted octanol–water partition coefficient (Wildman–Crippen LogP) is 2.97. The minimum atomic E-state index is -0.314. The van der Waals surface area contributed by atoms with Gasteiger partial charge in [0.25, 0.3) is 0 Å². The maximum atomic E-state index is 11.1. The van der Waals surface area contributed by atoms with E-state index in [0.29, 0.717) is 24.6 Å². The van der Waals surface area contributed by atoms with E-state index in [2.05, 4.69) is 44.0 Å². The van der Waals surface area contributed by atoms with E-state index in [0.717, 1.165) is 54.6 Å². The lowest BCUT2D eigenvalue weighted by atomic mass is 10.2. The third-order valence-corrected chi connectivity index (χ3v) is 5.71. The van der Waals surface area contributed by atoms with Crippen LogP contribution < -0.4 is 5.73 Å². The van der Waals surface area contributed by atoms with Gasteiger partial charge in [0.15, 0.2) is 5.16 Å². The molecule has 3 rings (SSSR count). The Labute approximate surface area is 186 Å². The smallest absolute Gasteiger partial charge is 0.217 e. The predicted molar refractivity (Wildman–Crippen MR) is 120 cm³/mol. The molecule has 9 nitrogen and oxygen atoms in total. The van der Waals surface area contributed by atoms with Crippen molar-refractivity contribution in [1.82, 2.24) is 35.0 Å². The number of primary amides is 1. The summed E-state index contributed by atoms with van der Waals surface area (Å²) in [6.07, 6.45) is 3.96. The second-order valence-electron chi connectivity index (χ2n) is 7.85. The normalized spacial score (nSPS) is 11.3. The average Bonchev–Trinajstić information content (AvgIpc) is 3.37. The molecule has 1 aromatic carbocycles.